The van der Waals surface area contributed by atoms with Crippen LogP contribution in [0.3, 0.4) is 0 Å². The highest BCUT2D eigenvalue weighted by molar-refractivity contribution is 5.72. The molecule has 0 spiro atoms. The molecule has 0 aromatic rings. The SMILES string of the molecule is CC(C)(C)OC(=O)N1CCC(C2CCC(C(=O)O)O2)CC1. The fourth-order valence-corrected chi connectivity index (χ4v) is 2.97. The Balaban J connectivity index is 1.79. The van der Waals surface area contributed by atoms with Gasteiger partial charge in [-0.2, -0.15) is 0 Å². The van der Waals surface area contributed by atoms with Crippen LogP contribution in [0.25, 0.3) is 0 Å². The van der Waals surface area contributed by atoms with Crippen molar-refractivity contribution in [1.29, 1.82) is 0 Å². The molecule has 0 saturated carbocycles. The van der Waals surface area contributed by atoms with Gasteiger partial charge in [0, 0.05) is 13.1 Å². The van der Waals surface area contributed by atoms with Crippen molar-refractivity contribution in [2.24, 2.45) is 5.92 Å². The minimum absolute atomic E-state index is 0.0203. The fourth-order valence-electron chi connectivity index (χ4n) is 2.97. The summed E-state index contributed by atoms with van der Waals surface area (Å²) in [6.45, 7) is 6.87. The first-order chi connectivity index (χ1) is 9.76. The van der Waals surface area contributed by atoms with E-state index in [0.29, 0.717) is 25.4 Å². The molecule has 0 radical (unpaired) electrons. The Morgan fingerprint density at radius 2 is 1.76 bits per heavy atom. The number of rotatable bonds is 2. The molecule has 2 fully saturated rings. The van der Waals surface area contributed by atoms with E-state index in [2.05, 4.69) is 0 Å². The van der Waals surface area contributed by atoms with Gasteiger partial charge >= 0.3 is 12.1 Å². The molecule has 6 heteroatoms. The van der Waals surface area contributed by atoms with Crippen molar-refractivity contribution >= 4 is 12.1 Å². The molecule has 2 unspecified atom stereocenters. The molecule has 0 aromatic carbocycles. The highest BCUT2D eigenvalue weighted by Gasteiger charge is 2.37. The van der Waals surface area contributed by atoms with Crippen LogP contribution in [0.15, 0.2) is 0 Å². The quantitative estimate of drug-likeness (QED) is 0.846. The number of piperidine rings is 1. The highest BCUT2D eigenvalue weighted by atomic mass is 16.6. The monoisotopic (exact) mass is 299 g/mol. The second-order valence-electron chi connectivity index (χ2n) is 6.88. The Hall–Kier alpha value is -1.30. The smallest absolute Gasteiger partial charge is 0.410 e. The van der Waals surface area contributed by atoms with Crippen molar-refractivity contribution in [2.75, 3.05) is 13.1 Å². The van der Waals surface area contributed by atoms with Crippen LogP contribution < -0.4 is 0 Å². The summed E-state index contributed by atoms with van der Waals surface area (Å²) in [7, 11) is 0. The van der Waals surface area contributed by atoms with Crippen LogP contribution in [0.5, 0.6) is 0 Å². The maximum atomic E-state index is 12.0. The third-order valence-electron chi connectivity index (χ3n) is 4.04. The molecular weight excluding hydrogens is 274 g/mol. The van der Waals surface area contributed by atoms with Crippen molar-refractivity contribution in [3.63, 3.8) is 0 Å². The molecule has 21 heavy (non-hydrogen) atoms. The topological polar surface area (TPSA) is 76.1 Å². The summed E-state index contributed by atoms with van der Waals surface area (Å²) in [4.78, 5) is 24.6. The van der Waals surface area contributed by atoms with Crippen molar-refractivity contribution in [3.05, 3.63) is 0 Å². The average Bonchev–Trinajstić information content (AvgIpc) is 2.86. The molecule has 2 aliphatic rings. The summed E-state index contributed by atoms with van der Waals surface area (Å²) >= 11 is 0. The number of carboxylic acid groups (broad SMARTS) is 1. The van der Waals surface area contributed by atoms with Crippen molar-refractivity contribution in [1.82, 2.24) is 4.90 Å². The molecule has 1 amide bonds. The molecule has 0 aromatic heterocycles. The number of carboxylic acids is 1. The standard InChI is InChI=1S/C15H25NO5/c1-15(2,3)21-14(19)16-8-6-10(7-9-16)11-4-5-12(20-11)13(17)18/h10-12H,4-9H2,1-3H3,(H,17,18). The molecule has 2 heterocycles. The zero-order chi connectivity index (χ0) is 15.6. The minimum atomic E-state index is -0.872. The molecule has 2 atom stereocenters. The number of likely N-dealkylation sites (tertiary alicyclic amines) is 1. The molecule has 2 aliphatic heterocycles. The maximum Gasteiger partial charge on any atom is 0.410 e. The van der Waals surface area contributed by atoms with E-state index in [9.17, 15) is 9.59 Å². The predicted molar refractivity (Wildman–Crippen MR) is 76.1 cm³/mol. The van der Waals surface area contributed by atoms with E-state index in [4.69, 9.17) is 14.6 Å². The van der Waals surface area contributed by atoms with E-state index in [0.717, 1.165) is 19.3 Å². The van der Waals surface area contributed by atoms with E-state index in [1.54, 1.807) is 4.90 Å². The lowest BCUT2D eigenvalue weighted by molar-refractivity contribution is -0.150. The lowest BCUT2D eigenvalue weighted by Crippen LogP contribution is -2.43. The van der Waals surface area contributed by atoms with Crippen molar-refractivity contribution < 1.29 is 24.2 Å². The van der Waals surface area contributed by atoms with Gasteiger partial charge in [-0.25, -0.2) is 9.59 Å². The van der Waals surface area contributed by atoms with Crippen LogP contribution in [0.2, 0.25) is 0 Å². The molecule has 1 N–H and O–H groups in total. The summed E-state index contributed by atoms with van der Waals surface area (Å²) in [5.41, 5.74) is -0.475. The Morgan fingerprint density at radius 1 is 1.14 bits per heavy atom. The van der Waals surface area contributed by atoms with E-state index in [1.165, 1.54) is 0 Å². The van der Waals surface area contributed by atoms with Gasteiger partial charge in [-0.15, -0.1) is 0 Å². The Labute approximate surface area is 125 Å². The maximum absolute atomic E-state index is 12.0. The summed E-state index contributed by atoms with van der Waals surface area (Å²) in [6.07, 6.45) is 2.18. The lowest BCUT2D eigenvalue weighted by atomic mass is 9.90. The normalized spacial score (nSPS) is 27.7. The zero-order valence-corrected chi connectivity index (χ0v) is 13.0. The molecule has 6 nitrogen and oxygen atoms in total. The molecule has 0 aliphatic carbocycles. The van der Waals surface area contributed by atoms with Crippen LogP contribution in [0, 0.1) is 5.92 Å². The average molecular weight is 299 g/mol. The number of carbonyl (C=O) groups excluding carboxylic acids is 1. The van der Waals surface area contributed by atoms with Crippen LogP contribution >= 0.6 is 0 Å². The fraction of sp³-hybridized carbons (Fsp3) is 0.867. The lowest BCUT2D eigenvalue weighted by Gasteiger charge is -2.35. The van der Waals surface area contributed by atoms with Crippen molar-refractivity contribution in [2.45, 2.75) is 64.3 Å². The van der Waals surface area contributed by atoms with E-state index < -0.39 is 17.7 Å². The number of ether oxygens (including phenoxy) is 2. The molecular formula is C15H25NO5. The van der Waals surface area contributed by atoms with E-state index >= 15 is 0 Å². The summed E-state index contributed by atoms with van der Waals surface area (Å²) in [5, 5.41) is 8.96. The van der Waals surface area contributed by atoms with E-state index in [1.807, 2.05) is 20.8 Å². The number of carbonyl (C=O) groups is 2. The van der Waals surface area contributed by atoms with Crippen LogP contribution in [0.1, 0.15) is 46.5 Å². The van der Waals surface area contributed by atoms with Gasteiger partial charge in [0.05, 0.1) is 6.10 Å². The van der Waals surface area contributed by atoms with Gasteiger partial charge < -0.3 is 19.5 Å². The number of amides is 1. The highest BCUT2D eigenvalue weighted by Crippen LogP contribution is 2.32. The molecule has 2 rings (SSSR count). The zero-order valence-electron chi connectivity index (χ0n) is 13.0. The first-order valence-corrected chi connectivity index (χ1v) is 7.62. The number of hydrogen-bond donors (Lipinski definition) is 1. The van der Waals surface area contributed by atoms with Gasteiger partial charge in [0.1, 0.15) is 5.60 Å². The van der Waals surface area contributed by atoms with Gasteiger partial charge in [-0.3, -0.25) is 0 Å². The molecule has 120 valence electrons. The van der Waals surface area contributed by atoms with Crippen LogP contribution in [-0.2, 0) is 14.3 Å². The van der Waals surface area contributed by atoms with Crippen LogP contribution in [0.4, 0.5) is 4.79 Å². The second-order valence-corrected chi connectivity index (χ2v) is 6.88. The minimum Gasteiger partial charge on any atom is -0.479 e. The predicted octanol–water partition coefficient (Wildman–Crippen LogP) is 2.27. The van der Waals surface area contributed by atoms with Gasteiger partial charge in [0.25, 0.3) is 0 Å². The summed E-state index contributed by atoms with van der Waals surface area (Å²) < 4.78 is 11.0. The number of nitrogens with zero attached hydrogens (tertiary/aromatic N) is 1. The number of aliphatic carboxylic acids is 1. The van der Waals surface area contributed by atoms with Crippen molar-refractivity contribution in [3.8, 4) is 0 Å². The number of hydrogen-bond acceptors (Lipinski definition) is 4. The molecule has 2 saturated heterocycles. The second kappa shape index (κ2) is 6.22. The Bertz CT molecular complexity index is 395. The first-order valence-electron chi connectivity index (χ1n) is 7.62. The van der Waals surface area contributed by atoms with Gasteiger partial charge in [0.15, 0.2) is 6.10 Å². The van der Waals surface area contributed by atoms with Gasteiger partial charge in [-0.1, -0.05) is 0 Å². The third-order valence-corrected chi connectivity index (χ3v) is 4.04. The Kier molecular flexibility index (Phi) is 4.76. The third kappa shape index (κ3) is 4.33. The first kappa shape index (κ1) is 16.1. The Morgan fingerprint density at radius 3 is 2.24 bits per heavy atom. The molecule has 0 bridgehead atoms. The van der Waals surface area contributed by atoms with Crippen LogP contribution in [-0.4, -0.2) is 53.0 Å². The van der Waals surface area contributed by atoms with E-state index in [-0.39, 0.29) is 12.2 Å². The van der Waals surface area contributed by atoms with Gasteiger partial charge in [0.2, 0.25) is 0 Å². The summed E-state index contributed by atoms with van der Waals surface area (Å²) in [5.74, 6) is -0.531. The van der Waals surface area contributed by atoms with Gasteiger partial charge in [-0.05, 0) is 52.4 Å². The largest absolute Gasteiger partial charge is 0.479 e. The summed E-state index contributed by atoms with van der Waals surface area (Å²) in [6, 6.07) is 0.